The lowest BCUT2D eigenvalue weighted by atomic mass is 10.2. The molecule has 1 atom stereocenters. The van der Waals surface area contributed by atoms with Crippen LogP contribution in [0.25, 0.3) is 0 Å². The van der Waals surface area contributed by atoms with Crippen molar-refractivity contribution in [2.45, 2.75) is 19.8 Å². The summed E-state index contributed by atoms with van der Waals surface area (Å²) in [6, 6.07) is 2.01. The Kier molecular flexibility index (Phi) is 6.21. The minimum Gasteiger partial charge on any atom is -0.380 e. The summed E-state index contributed by atoms with van der Waals surface area (Å²) in [5.74, 6) is -0.211. The Morgan fingerprint density at radius 3 is 2.90 bits per heavy atom. The molecular weight excluding hydrogens is 126 g/mol. The molecule has 0 rings (SSSR count). The van der Waals surface area contributed by atoms with E-state index in [0.717, 1.165) is 19.4 Å². The second-order valence-corrected chi connectivity index (χ2v) is 2.25. The molecule has 0 N–H and O–H groups in total. The highest BCUT2D eigenvalue weighted by atomic mass is 16.5. The summed E-state index contributed by atoms with van der Waals surface area (Å²) in [6.45, 7) is 6.90. The molecule has 0 aliphatic rings. The third-order valence-electron chi connectivity index (χ3n) is 1.14. The summed E-state index contributed by atoms with van der Waals surface area (Å²) in [5, 5.41) is 8.30. The minimum atomic E-state index is -0.211. The van der Waals surface area contributed by atoms with Gasteiger partial charge >= 0.3 is 0 Å². The molecule has 57 valence electrons. The van der Waals surface area contributed by atoms with E-state index in [1.165, 1.54) is 0 Å². The van der Waals surface area contributed by atoms with Crippen LogP contribution in [0.1, 0.15) is 19.8 Å². The van der Waals surface area contributed by atoms with Gasteiger partial charge in [0.2, 0.25) is 0 Å². The molecule has 0 amide bonds. The standard InChI is InChI=1S/C8H14NO/c1-3-4-5-10-7-8(2)6-9/h8H,2-5,7H2,1H3. The fourth-order valence-corrected chi connectivity index (χ4v) is 0.509. The quantitative estimate of drug-likeness (QED) is 0.545. The Morgan fingerprint density at radius 2 is 2.40 bits per heavy atom. The number of hydrogen-bond donors (Lipinski definition) is 0. The molecule has 0 aliphatic carbocycles. The van der Waals surface area contributed by atoms with Crippen LogP contribution < -0.4 is 0 Å². The number of unbranched alkanes of at least 4 members (excludes halogenated alkanes) is 1. The van der Waals surface area contributed by atoms with E-state index in [-0.39, 0.29) is 5.92 Å². The highest BCUT2D eigenvalue weighted by Gasteiger charge is 1.97. The monoisotopic (exact) mass is 140 g/mol. The Labute approximate surface area is 62.8 Å². The number of hydrogen-bond acceptors (Lipinski definition) is 2. The lowest BCUT2D eigenvalue weighted by Crippen LogP contribution is -2.04. The van der Waals surface area contributed by atoms with Crippen molar-refractivity contribution in [1.29, 1.82) is 5.26 Å². The van der Waals surface area contributed by atoms with Crippen molar-refractivity contribution in [1.82, 2.24) is 0 Å². The maximum Gasteiger partial charge on any atom is 0.0697 e. The normalized spacial score (nSPS) is 12.5. The van der Waals surface area contributed by atoms with Crippen LogP contribution in [0.2, 0.25) is 0 Å². The van der Waals surface area contributed by atoms with Crippen molar-refractivity contribution < 1.29 is 4.74 Å². The summed E-state index contributed by atoms with van der Waals surface area (Å²) in [7, 11) is 0. The molecule has 0 bridgehead atoms. The van der Waals surface area contributed by atoms with Crippen LogP contribution in [0.3, 0.4) is 0 Å². The molecule has 0 fully saturated rings. The summed E-state index contributed by atoms with van der Waals surface area (Å²) in [5.41, 5.74) is 0. The molecule has 0 spiro atoms. The van der Waals surface area contributed by atoms with E-state index in [1.807, 2.05) is 6.07 Å². The van der Waals surface area contributed by atoms with Crippen LogP contribution in [-0.2, 0) is 4.74 Å². The summed E-state index contributed by atoms with van der Waals surface area (Å²) in [6.07, 6.45) is 2.20. The fourth-order valence-electron chi connectivity index (χ4n) is 0.509. The topological polar surface area (TPSA) is 33.0 Å². The summed E-state index contributed by atoms with van der Waals surface area (Å²) < 4.78 is 5.14. The Balaban J connectivity index is 2.98. The zero-order valence-corrected chi connectivity index (χ0v) is 6.47. The SMILES string of the molecule is [CH2]C(C#N)COCCCC. The van der Waals surface area contributed by atoms with Gasteiger partial charge in [-0.05, 0) is 13.3 Å². The maximum atomic E-state index is 8.30. The van der Waals surface area contributed by atoms with Gasteiger partial charge in [0.1, 0.15) is 0 Å². The van der Waals surface area contributed by atoms with Gasteiger partial charge in [-0.3, -0.25) is 0 Å². The average molecular weight is 140 g/mol. The van der Waals surface area contributed by atoms with Gasteiger partial charge < -0.3 is 4.74 Å². The van der Waals surface area contributed by atoms with Crippen LogP contribution in [0.15, 0.2) is 0 Å². The molecule has 1 unspecified atom stereocenters. The van der Waals surface area contributed by atoms with Crippen molar-refractivity contribution in [2.24, 2.45) is 5.92 Å². The first-order chi connectivity index (χ1) is 4.81. The third-order valence-corrected chi connectivity index (χ3v) is 1.14. The lowest BCUT2D eigenvalue weighted by Gasteiger charge is -2.02. The molecule has 0 aliphatic heterocycles. The van der Waals surface area contributed by atoms with E-state index in [2.05, 4.69) is 13.8 Å². The first-order valence-corrected chi connectivity index (χ1v) is 3.61. The van der Waals surface area contributed by atoms with Gasteiger partial charge in [0, 0.05) is 6.61 Å². The molecule has 10 heavy (non-hydrogen) atoms. The van der Waals surface area contributed by atoms with Gasteiger partial charge in [0.15, 0.2) is 0 Å². The molecular formula is C8H14NO. The van der Waals surface area contributed by atoms with Crippen molar-refractivity contribution in [2.75, 3.05) is 13.2 Å². The fraction of sp³-hybridized carbons (Fsp3) is 0.750. The highest BCUT2D eigenvalue weighted by molar-refractivity contribution is 4.83. The molecule has 0 heterocycles. The first kappa shape index (κ1) is 9.45. The van der Waals surface area contributed by atoms with Crippen LogP contribution in [0.4, 0.5) is 0 Å². The van der Waals surface area contributed by atoms with Gasteiger partial charge in [-0.15, -0.1) is 0 Å². The number of rotatable bonds is 5. The maximum absolute atomic E-state index is 8.30. The van der Waals surface area contributed by atoms with Crippen LogP contribution in [0.5, 0.6) is 0 Å². The van der Waals surface area contributed by atoms with Crippen molar-refractivity contribution in [3.8, 4) is 6.07 Å². The minimum absolute atomic E-state index is 0.211. The van der Waals surface area contributed by atoms with Gasteiger partial charge in [0.05, 0.1) is 18.6 Å². The molecule has 0 aromatic heterocycles. The Bertz CT molecular complexity index is 106. The van der Waals surface area contributed by atoms with Crippen molar-refractivity contribution >= 4 is 0 Å². The smallest absolute Gasteiger partial charge is 0.0697 e. The van der Waals surface area contributed by atoms with Gasteiger partial charge in [-0.1, -0.05) is 13.3 Å². The van der Waals surface area contributed by atoms with Crippen molar-refractivity contribution in [3.05, 3.63) is 6.92 Å². The predicted octanol–water partition coefficient (Wildman–Crippen LogP) is 1.78. The van der Waals surface area contributed by atoms with E-state index >= 15 is 0 Å². The average Bonchev–Trinajstić information content (AvgIpc) is 1.98. The largest absolute Gasteiger partial charge is 0.380 e. The number of ether oxygens (including phenoxy) is 1. The highest BCUT2D eigenvalue weighted by Crippen LogP contribution is 1.94. The molecule has 0 aromatic carbocycles. The third kappa shape index (κ3) is 5.58. The van der Waals surface area contributed by atoms with Crippen LogP contribution in [-0.4, -0.2) is 13.2 Å². The molecule has 0 aromatic rings. The number of nitrogens with zero attached hydrogens (tertiary/aromatic N) is 1. The Hall–Kier alpha value is -0.550. The first-order valence-electron chi connectivity index (χ1n) is 3.61. The van der Waals surface area contributed by atoms with Crippen molar-refractivity contribution in [3.63, 3.8) is 0 Å². The molecule has 0 saturated carbocycles. The predicted molar refractivity (Wildman–Crippen MR) is 40.2 cm³/mol. The van der Waals surface area contributed by atoms with Gasteiger partial charge in [-0.25, -0.2) is 0 Å². The van der Waals surface area contributed by atoms with E-state index in [9.17, 15) is 0 Å². The van der Waals surface area contributed by atoms with E-state index in [1.54, 1.807) is 0 Å². The van der Waals surface area contributed by atoms with E-state index < -0.39 is 0 Å². The van der Waals surface area contributed by atoms with E-state index in [4.69, 9.17) is 10.00 Å². The Morgan fingerprint density at radius 1 is 1.70 bits per heavy atom. The van der Waals surface area contributed by atoms with E-state index in [0.29, 0.717) is 6.61 Å². The lowest BCUT2D eigenvalue weighted by molar-refractivity contribution is 0.121. The molecule has 0 saturated heterocycles. The second kappa shape index (κ2) is 6.57. The molecule has 1 radical (unpaired) electrons. The van der Waals surface area contributed by atoms with Crippen LogP contribution >= 0.6 is 0 Å². The van der Waals surface area contributed by atoms with Crippen LogP contribution in [0, 0.1) is 24.2 Å². The van der Waals surface area contributed by atoms with Gasteiger partial charge in [-0.2, -0.15) is 5.26 Å². The second-order valence-electron chi connectivity index (χ2n) is 2.25. The summed E-state index contributed by atoms with van der Waals surface area (Å²) >= 11 is 0. The molecule has 2 nitrogen and oxygen atoms in total. The zero-order valence-electron chi connectivity index (χ0n) is 6.47. The number of nitriles is 1. The molecule has 2 heteroatoms. The van der Waals surface area contributed by atoms with Gasteiger partial charge in [0.25, 0.3) is 0 Å². The zero-order chi connectivity index (χ0) is 7.82. The summed E-state index contributed by atoms with van der Waals surface area (Å²) in [4.78, 5) is 0.